The SMILES string of the molecule is CCC1(CCC(=O)N2CCN(C(=O)c3ccccc3OC)CC2)CCC(=O)N1. The van der Waals surface area contributed by atoms with Crippen LogP contribution in [0.2, 0.25) is 0 Å². The lowest BCUT2D eigenvalue weighted by molar-refractivity contribution is -0.133. The van der Waals surface area contributed by atoms with Gasteiger partial charge in [-0.1, -0.05) is 19.1 Å². The molecule has 3 rings (SSSR count). The van der Waals surface area contributed by atoms with E-state index in [0.717, 1.165) is 12.8 Å². The number of carbonyl (C=O) groups is 3. The highest BCUT2D eigenvalue weighted by Crippen LogP contribution is 2.29. The van der Waals surface area contributed by atoms with Crippen molar-refractivity contribution in [3.8, 4) is 5.75 Å². The van der Waals surface area contributed by atoms with Crippen LogP contribution in [0.25, 0.3) is 0 Å². The molecule has 0 radical (unpaired) electrons. The van der Waals surface area contributed by atoms with Crippen LogP contribution in [0.15, 0.2) is 24.3 Å². The first-order valence-electron chi connectivity index (χ1n) is 9.99. The Bertz CT molecular complexity index is 743. The first-order chi connectivity index (χ1) is 13.5. The fourth-order valence-electron chi connectivity index (χ4n) is 4.06. The molecule has 2 fully saturated rings. The van der Waals surface area contributed by atoms with Crippen molar-refractivity contribution in [3.05, 3.63) is 29.8 Å². The molecule has 152 valence electrons. The van der Waals surface area contributed by atoms with E-state index in [0.29, 0.717) is 56.8 Å². The van der Waals surface area contributed by atoms with Gasteiger partial charge in [-0.05, 0) is 31.4 Å². The molecule has 1 N–H and O–H groups in total. The van der Waals surface area contributed by atoms with Gasteiger partial charge < -0.3 is 19.9 Å². The summed E-state index contributed by atoms with van der Waals surface area (Å²) in [4.78, 5) is 40.6. The molecule has 1 atom stereocenters. The lowest BCUT2D eigenvalue weighted by atomic mass is 9.88. The zero-order valence-electron chi connectivity index (χ0n) is 16.7. The second kappa shape index (κ2) is 8.63. The second-order valence-electron chi connectivity index (χ2n) is 7.56. The van der Waals surface area contributed by atoms with Crippen molar-refractivity contribution < 1.29 is 19.1 Å². The van der Waals surface area contributed by atoms with Gasteiger partial charge in [0, 0.05) is 44.6 Å². The standard InChI is InChI=1S/C21H29N3O4/c1-3-21(10-8-18(25)22-21)11-9-19(26)23-12-14-24(15-13-23)20(27)16-6-4-5-7-17(16)28-2/h4-7H,3,8-15H2,1-2H3,(H,22,25). The first-order valence-corrected chi connectivity index (χ1v) is 9.99. The average molecular weight is 387 g/mol. The Hall–Kier alpha value is -2.57. The Balaban J connectivity index is 1.51. The Morgan fingerprint density at radius 1 is 1.14 bits per heavy atom. The van der Waals surface area contributed by atoms with Crippen LogP contribution in [-0.2, 0) is 9.59 Å². The summed E-state index contributed by atoms with van der Waals surface area (Å²) >= 11 is 0. The van der Waals surface area contributed by atoms with Crippen LogP contribution in [0.1, 0.15) is 49.4 Å². The molecule has 2 aliphatic heterocycles. The number of nitrogens with zero attached hydrogens (tertiary/aromatic N) is 2. The Labute approximate surface area is 166 Å². The summed E-state index contributed by atoms with van der Waals surface area (Å²) < 4.78 is 5.28. The highest BCUT2D eigenvalue weighted by molar-refractivity contribution is 5.97. The smallest absolute Gasteiger partial charge is 0.257 e. The molecule has 1 aromatic carbocycles. The maximum Gasteiger partial charge on any atom is 0.257 e. The molecular formula is C21H29N3O4. The molecule has 1 aromatic rings. The summed E-state index contributed by atoms with van der Waals surface area (Å²) in [6.07, 6.45) is 3.29. The third-order valence-corrected chi connectivity index (χ3v) is 5.99. The molecule has 0 aromatic heterocycles. The van der Waals surface area contributed by atoms with Gasteiger partial charge in [-0.15, -0.1) is 0 Å². The highest BCUT2D eigenvalue weighted by atomic mass is 16.5. The summed E-state index contributed by atoms with van der Waals surface area (Å²) in [6, 6.07) is 7.19. The highest BCUT2D eigenvalue weighted by Gasteiger charge is 2.36. The van der Waals surface area contributed by atoms with Gasteiger partial charge in [-0.25, -0.2) is 0 Å². The van der Waals surface area contributed by atoms with Crippen molar-refractivity contribution >= 4 is 17.7 Å². The van der Waals surface area contributed by atoms with E-state index in [9.17, 15) is 14.4 Å². The molecule has 0 saturated carbocycles. The number of ether oxygens (including phenoxy) is 1. The number of para-hydroxylation sites is 1. The van der Waals surface area contributed by atoms with Gasteiger partial charge in [0.25, 0.3) is 5.91 Å². The predicted molar refractivity (Wildman–Crippen MR) is 105 cm³/mol. The van der Waals surface area contributed by atoms with Crippen molar-refractivity contribution in [3.63, 3.8) is 0 Å². The number of nitrogens with one attached hydrogen (secondary N) is 1. The van der Waals surface area contributed by atoms with Crippen LogP contribution in [0.5, 0.6) is 5.75 Å². The predicted octanol–water partition coefficient (Wildman–Crippen LogP) is 1.82. The van der Waals surface area contributed by atoms with E-state index < -0.39 is 0 Å². The van der Waals surface area contributed by atoms with E-state index in [4.69, 9.17) is 4.74 Å². The van der Waals surface area contributed by atoms with Crippen LogP contribution in [0.3, 0.4) is 0 Å². The normalized spacial score (nSPS) is 22.1. The number of amides is 3. The van der Waals surface area contributed by atoms with Gasteiger partial charge in [-0.3, -0.25) is 14.4 Å². The number of hydrogen-bond acceptors (Lipinski definition) is 4. The molecule has 7 nitrogen and oxygen atoms in total. The summed E-state index contributed by atoms with van der Waals surface area (Å²) in [7, 11) is 1.55. The maximum absolute atomic E-state index is 12.8. The monoisotopic (exact) mass is 387 g/mol. The Morgan fingerprint density at radius 3 is 2.43 bits per heavy atom. The van der Waals surface area contributed by atoms with E-state index >= 15 is 0 Å². The summed E-state index contributed by atoms with van der Waals surface area (Å²) in [5.74, 6) is 0.675. The largest absolute Gasteiger partial charge is 0.496 e. The second-order valence-corrected chi connectivity index (χ2v) is 7.56. The van der Waals surface area contributed by atoms with Gasteiger partial charge in [0.1, 0.15) is 5.75 Å². The van der Waals surface area contributed by atoms with Crippen molar-refractivity contribution in [1.82, 2.24) is 15.1 Å². The zero-order chi connectivity index (χ0) is 20.1. The molecule has 0 bridgehead atoms. The number of hydrogen-bond donors (Lipinski definition) is 1. The summed E-state index contributed by atoms with van der Waals surface area (Å²) in [5.41, 5.74) is 0.320. The zero-order valence-corrected chi connectivity index (χ0v) is 16.7. The van der Waals surface area contributed by atoms with Gasteiger partial charge in [0.05, 0.1) is 12.7 Å². The van der Waals surface area contributed by atoms with E-state index in [-0.39, 0.29) is 23.3 Å². The molecule has 2 aliphatic rings. The molecule has 7 heteroatoms. The number of benzene rings is 1. The quantitative estimate of drug-likeness (QED) is 0.808. The van der Waals surface area contributed by atoms with Crippen LogP contribution in [0, 0.1) is 0 Å². The molecule has 2 heterocycles. The third kappa shape index (κ3) is 4.29. The number of rotatable bonds is 6. The molecule has 0 spiro atoms. The minimum atomic E-state index is -0.228. The molecule has 2 saturated heterocycles. The Kier molecular flexibility index (Phi) is 6.21. The van der Waals surface area contributed by atoms with Gasteiger partial charge in [0.2, 0.25) is 11.8 Å². The lowest BCUT2D eigenvalue weighted by Gasteiger charge is -2.36. The first kappa shape index (κ1) is 20.2. The van der Waals surface area contributed by atoms with E-state index in [1.807, 2.05) is 17.0 Å². The molecular weight excluding hydrogens is 358 g/mol. The minimum Gasteiger partial charge on any atom is -0.496 e. The van der Waals surface area contributed by atoms with E-state index in [1.165, 1.54) is 0 Å². The van der Waals surface area contributed by atoms with Crippen molar-refractivity contribution in [1.29, 1.82) is 0 Å². The fraction of sp³-hybridized carbons (Fsp3) is 0.571. The van der Waals surface area contributed by atoms with Crippen LogP contribution < -0.4 is 10.1 Å². The van der Waals surface area contributed by atoms with Gasteiger partial charge in [0.15, 0.2) is 0 Å². The molecule has 28 heavy (non-hydrogen) atoms. The van der Waals surface area contributed by atoms with Crippen LogP contribution in [0.4, 0.5) is 0 Å². The van der Waals surface area contributed by atoms with Crippen molar-refractivity contribution in [2.45, 2.75) is 44.6 Å². The van der Waals surface area contributed by atoms with E-state index in [2.05, 4.69) is 12.2 Å². The lowest BCUT2D eigenvalue weighted by Crippen LogP contribution is -2.51. The topological polar surface area (TPSA) is 79.0 Å². The fourth-order valence-corrected chi connectivity index (χ4v) is 4.06. The third-order valence-electron chi connectivity index (χ3n) is 5.99. The molecule has 3 amide bonds. The molecule has 0 aliphatic carbocycles. The van der Waals surface area contributed by atoms with Crippen molar-refractivity contribution in [2.75, 3.05) is 33.3 Å². The molecule has 1 unspecified atom stereocenters. The van der Waals surface area contributed by atoms with Crippen LogP contribution in [-0.4, -0.2) is 66.3 Å². The van der Waals surface area contributed by atoms with Crippen LogP contribution >= 0.6 is 0 Å². The van der Waals surface area contributed by atoms with Gasteiger partial charge in [-0.2, -0.15) is 0 Å². The number of methoxy groups -OCH3 is 1. The van der Waals surface area contributed by atoms with Crippen molar-refractivity contribution in [2.24, 2.45) is 0 Å². The van der Waals surface area contributed by atoms with Gasteiger partial charge >= 0.3 is 0 Å². The number of piperazine rings is 1. The summed E-state index contributed by atoms with van der Waals surface area (Å²) in [5, 5.41) is 3.05. The number of carbonyl (C=O) groups excluding carboxylic acids is 3. The van der Waals surface area contributed by atoms with E-state index in [1.54, 1.807) is 24.1 Å². The Morgan fingerprint density at radius 2 is 1.82 bits per heavy atom. The minimum absolute atomic E-state index is 0.0665. The average Bonchev–Trinajstić information content (AvgIpc) is 3.13. The maximum atomic E-state index is 12.8. The summed E-state index contributed by atoms with van der Waals surface area (Å²) in [6.45, 7) is 4.14.